The Morgan fingerprint density at radius 1 is 1.79 bits per heavy atom. The maximum absolute atomic E-state index is 9.34. The number of aliphatic hydroxyl groups excluding tert-OH is 1. The number of nitrogens with one attached hydrogen (secondary N) is 1. The molecule has 3 nitrogen and oxygen atoms in total. The number of nitrogens with zero attached hydrogens (tertiary/aromatic N) is 1. The van der Waals surface area contributed by atoms with Crippen molar-refractivity contribution in [3.63, 3.8) is 0 Å². The van der Waals surface area contributed by atoms with Crippen LogP contribution in [0.2, 0.25) is 4.47 Å². The molecule has 1 unspecified atom stereocenters. The van der Waals surface area contributed by atoms with Crippen molar-refractivity contribution in [1.29, 1.82) is 0 Å². The van der Waals surface area contributed by atoms with Crippen LogP contribution in [-0.2, 0) is 0 Å². The van der Waals surface area contributed by atoms with Crippen molar-refractivity contribution < 1.29 is 5.11 Å². The maximum Gasteiger partial charge on any atom is 0.185 e. The van der Waals surface area contributed by atoms with Crippen LogP contribution in [0.3, 0.4) is 0 Å². The summed E-state index contributed by atoms with van der Waals surface area (Å²) in [4.78, 5) is 4.12. The molecular weight excluding hydrogens is 220 g/mol. The van der Waals surface area contributed by atoms with Crippen LogP contribution in [0, 0.1) is 5.92 Å². The molecule has 1 aromatic rings. The molecule has 1 saturated carbocycles. The van der Waals surface area contributed by atoms with Crippen molar-refractivity contribution in [2.45, 2.75) is 25.3 Å². The van der Waals surface area contributed by atoms with Gasteiger partial charge < -0.3 is 10.4 Å². The largest absolute Gasteiger partial charge is 0.394 e. The maximum atomic E-state index is 9.34. The summed E-state index contributed by atoms with van der Waals surface area (Å²) in [6.07, 6.45) is 2.36. The summed E-state index contributed by atoms with van der Waals surface area (Å²) in [6, 6.07) is 0. The number of thiazole rings is 1. The van der Waals surface area contributed by atoms with Crippen LogP contribution in [-0.4, -0.2) is 22.2 Å². The van der Waals surface area contributed by atoms with Crippen LogP contribution >= 0.6 is 22.9 Å². The van der Waals surface area contributed by atoms with Crippen molar-refractivity contribution in [3.8, 4) is 0 Å². The number of halogens is 1. The molecule has 0 aliphatic heterocycles. The Bertz CT molecular complexity index is 326. The molecule has 1 aliphatic carbocycles. The fourth-order valence-electron chi connectivity index (χ4n) is 1.59. The SMILES string of the molecule is CC(CO)(Nc1csc(Cl)n1)C1CC1. The first-order valence-corrected chi connectivity index (χ1v) is 5.90. The molecule has 2 N–H and O–H groups in total. The third-order valence-electron chi connectivity index (χ3n) is 2.70. The summed E-state index contributed by atoms with van der Waals surface area (Å²) < 4.78 is 0.531. The van der Waals surface area contributed by atoms with Gasteiger partial charge in [0.1, 0.15) is 5.82 Å². The monoisotopic (exact) mass is 232 g/mol. The van der Waals surface area contributed by atoms with Gasteiger partial charge in [0.15, 0.2) is 4.47 Å². The van der Waals surface area contributed by atoms with Gasteiger partial charge in [-0.05, 0) is 25.7 Å². The molecule has 0 radical (unpaired) electrons. The van der Waals surface area contributed by atoms with E-state index in [1.54, 1.807) is 0 Å². The van der Waals surface area contributed by atoms with Crippen molar-refractivity contribution in [2.75, 3.05) is 11.9 Å². The Balaban J connectivity index is 2.07. The first-order valence-electron chi connectivity index (χ1n) is 4.64. The lowest BCUT2D eigenvalue weighted by molar-refractivity contribution is 0.206. The van der Waals surface area contributed by atoms with Crippen LogP contribution in [0.4, 0.5) is 5.82 Å². The van der Waals surface area contributed by atoms with Gasteiger partial charge in [-0.25, -0.2) is 4.98 Å². The lowest BCUT2D eigenvalue weighted by atomic mass is 9.97. The zero-order valence-electron chi connectivity index (χ0n) is 7.96. The highest BCUT2D eigenvalue weighted by Gasteiger charge is 2.41. The third kappa shape index (κ3) is 2.02. The van der Waals surface area contributed by atoms with E-state index in [0.29, 0.717) is 10.4 Å². The highest BCUT2D eigenvalue weighted by atomic mass is 35.5. The Morgan fingerprint density at radius 3 is 2.93 bits per heavy atom. The topological polar surface area (TPSA) is 45.1 Å². The minimum Gasteiger partial charge on any atom is -0.394 e. The molecule has 0 aromatic carbocycles. The Kier molecular flexibility index (Phi) is 2.68. The smallest absolute Gasteiger partial charge is 0.185 e. The second-order valence-electron chi connectivity index (χ2n) is 3.96. The number of anilines is 1. The second kappa shape index (κ2) is 3.68. The van der Waals surface area contributed by atoms with Gasteiger partial charge in [-0.2, -0.15) is 0 Å². The minimum absolute atomic E-state index is 0.132. The first-order chi connectivity index (χ1) is 6.64. The quantitative estimate of drug-likeness (QED) is 0.838. The number of aliphatic hydroxyl groups is 1. The van der Waals surface area contributed by atoms with E-state index in [-0.39, 0.29) is 12.1 Å². The van der Waals surface area contributed by atoms with Gasteiger partial charge in [-0.15, -0.1) is 11.3 Å². The molecule has 0 amide bonds. The van der Waals surface area contributed by atoms with Gasteiger partial charge >= 0.3 is 0 Å². The van der Waals surface area contributed by atoms with E-state index in [1.165, 1.54) is 24.2 Å². The van der Waals surface area contributed by atoms with Gasteiger partial charge in [0.2, 0.25) is 0 Å². The Hall–Kier alpha value is -0.320. The summed E-state index contributed by atoms with van der Waals surface area (Å²) in [7, 11) is 0. The van der Waals surface area contributed by atoms with Crippen LogP contribution in [0.1, 0.15) is 19.8 Å². The van der Waals surface area contributed by atoms with E-state index in [9.17, 15) is 5.11 Å². The van der Waals surface area contributed by atoms with Gasteiger partial charge in [-0.1, -0.05) is 11.6 Å². The Labute approximate surface area is 92.1 Å². The molecule has 0 bridgehead atoms. The molecule has 14 heavy (non-hydrogen) atoms. The molecule has 2 rings (SSSR count). The average molecular weight is 233 g/mol. The van der Waals surface area contributed by atoms with E-state index in [0.717, 1.165) is 5.82 Å². The normalized spacial score (nSPS) is 20.5. The molecule has 1 heterocycles. The summed E-state index contributed by atoms with van der Waals surface area (Å²) in [5, 5.41) is 14.5. The van der Waals surface area contributed by atoms with Crippen molar-refractivity contribution >= 4 is 28.8 Å². The fraction of sp³-hybridized carbons (Fsp3) is 0.667. The molecule has 1 atom stereocenters. The van der Waals surface area contributed by atoms with Crippen molar-refractivity contribution in [3.05, 3.63) is 9.85 Å². The van der Waals surface area contributed by atoms with Crippen LogP contribution in [0.5, 0.6) is 0 Å². The van der Waals surface area contributed by atoms with Gasteiger partial charge in [-0.3, -0.25) is 0 Å². The number of aromatic nitrogens is 1. The zero-order chi connectivity index (χ0) is 10.2. The summed E-state index contributed by atoms with van der Waals surface area (Å²) in [5.74, 6) is 1.33. The second-order valence-corrected chi connectivity index (χ2v) is 5.40. The number of rotatable bonds is 4. The molecule has 5 heteroatoms. The zero-order valence-corrected chi connectivity index (χ0v) is 9.53. The van der Waals surface area contributed by atoms with Crippen LogP contribution in [0.15, 0.2) is 5.38 Å². The van der Waals surface area contributed by atoms with Gasteiger partial charge in [0.25, 0.3) is 0 Å². The van der Waals surface area contributed by atoms with E-state index < -0.39 is 0 Å². The fourth-order valence-corrected chi connectivity index (χ4v) is 2.29. The molecule has 78 valence electrons. The van der Waals surface area contributed by atoms with E-state index in [1.807, 2.05) is 12.3 Å². The summed E-state index contributed by atoms with van der Waals surface area (Å²) in [5.41, 5.74) is -0.239. The van der Waals surface area contributed by atoms with Crippen LogP contribution in [0.25, 0.3) is 0 Å². The predicted molar refractivity (Wildman–Crippen MR) is 59.0 cm³/mol. The summed E-state index contributed by atoms with van der Waals surface area (Å²) in [6.45, 7) is 2.16. The van der Waals surface area contributed by atoms with Crippen molar-refractivity contribution in [2.24, 2.45) is 5.92 Å². The van der Waals surface area contributed by atoms with E-state index in [4.69, 9.17) is 11.6 Å². The van der Waals surface area contributed by atoms with Gasteiger partial charge in [0, 0.05) is 5.38 Å². The van der Waals surface area contributed by atoms with Gasteiger partial charge in [0.05, 0.1) is 12.1 Å². The number of hydrogen-bond donors (Lipinski definition) is 2. The van der Waals surface area contributed by atoms with Crippen LogP contribution < -0.4 is 5.32 Å². The lowest BCUT2D eigenvalue weighted by Gasteiger charge is -2.28. The molecular formula is C9H13ClN2OS. The molecule has 1 fully saturated rings. The standard InChI is InChI=1S/C9H13ClN2OS/c1-9(5-13,6-2-3-6)12-7-4-14-8(10)11-7/h4,6,12-13H,2-3,5H2,1H3. The average Bonchev–Trinajstić information content (AvgIpc) is 2.93. The first kappa shape index (κ1) is 10.2. The molecule has 0 spiro atoms. The lowest BCUT2D eigenvalue weighted by Crippen LogP contribution is -2.41. The van der Waals surface area contributed by atoms with E-state index in [2.05, 4.69) is 10.3 Å². The predicted octanol–water partition coefficient (Wildman–Crippen LogP) is 2.37. The highest BCUT2D eigenvalue weighted by molar-refractivity contribution is 7.14. The molecule has 1 aliphatic rings. The third-order valence-corrected chi connectivity index (χ3v) is 3.68. The van der Waals surface area contributed by atoms with Crippen molar-refractivity contribution in [1.82, 2.24) is 4.98 Å². The number of hydrogen-bond acceptors (Lipinski definition) is 4. The molecule has 1 aromatic heterocycles. The Morgan fingerprint density at radius 2 is 2.50 bits per heavy atom. The highest BCUT2D eigenvalue weighted by Crippen LogP contribution is 2.41. The minimum atomic E-state index is -0.239. The van der Waals surface area contributed by atoms with E-state index >= 15 is 0 Å². The summed E-state index contributed by atoms with van der Waals surface area (Å²) >= 11 is 7.13. The molecule has 0 saturated heterocycles.